The Hall–Kier alpha value is -3.12. The van der Waals surface area contributed by atoms with Crippen LogP contribution in [0.2, 0.25) is 0 Å². The standard InChI is InChI=1S/C22H32N4O7S/c1-13(23)19(29)24-15(10-11-34-2)20(30)26-17(12-14-6-4-3-5-7-14)21(31)25-16(22(32)33)8-9-18(27)28/h3-7,13,15-17H,8-12,23H2,1-2H3,(H,24,29)(H,25,31)(H,26,30)(H,27,28)(H,32,33). The van der Waals surface area contributed by atoms with Crippen LogP contribution in [0.15, 0.2) is 30.3 Å². The van der Waals surface area contributed by atoms with E-state index in [2.05, 4.69) is 16.0 Å². The lowest BCUT2D eigenvalue weighted by Crippen LogP contribution is -2.57. The number of hydrogen-bond acceptors (Lipinski definition) is 7. The Bertz CT molecular complexity index is 851. The van der Waals surface area contributed by atoms with E-state index in [1.54, 1.807) is 30.3 Å². The number of amides is 3. The van der Waals surface area contributed by atoms with Gasteiger partial charge < -0.3 is 31.9 Å². The number of carboxylic acids is 2. The van der Waals surface area contributed by atoms with Gasteiger partial charge in [0.15, 0.2) is 0 Å². The minimum atomic E-state index is -1.44. The molecular weight excluding hydrogens is 464 g/mol. The van der Waals surface area contributed by atoms with Crippen molar-refractivity contribution in [3.8, 4) is 0 Å². The van der Waals surface area contributed by atoms with Gasteiger partial charge in [-0.1, -0.05) is 30.3 Å². The Morgan fingerprint density at radius 1 is 0.882 bits per heavy atom. The first-order valence-electron chi connectivity index (χ1n) is 10.7. The molecule has 188 valence electrons. The number of carbonyl (C=O) groups is 5. The van der Waals surface area contributed by atoms with Crippen molar-refractivity contribution in [2.75, 3.05) is 12.0 Å². The molecule has 0 fully saturated rings. The third kappa shape index (κ3) is 10.7. The molecule has 0 heterocycles. The highest BCUT2D eigenvalue weighted by atomic mass is 32.2. The van der Waals surface area contributed by atoms with E-state index in [0.29, 0.717) is 17.7 Å². The number of benzene rings is 1. The summed E-state index contributed by atoms with van der Waals surface area (Å²) in [6.45, 7) is 1.48. The molecule has 1 aromatic carbocycles. The van der Waals surface area contributed by atoms with Gasteiger partial charge in [-0.05, 0) is 37.3 Å². The van der Waals surface area contributed by atoms with Crippen LogP contribution in [0.3, 0.4) is 0 Å². The van der Waals surface area contributed by atoms with Crippen LogP contribution in [-0.2, 0) is 30.4 Å². The molecule has 3 amide bonds. The molecular formula is C22H32N4O7S. The summed E-state index contributed by atoms with van der Waals surface area (Å²) in [5.74, 6) is -3.94. The molecule has 7 N–H and O–H groups in total. The quantitative estimate of drug-likeness (QED) is 0.190. The molecule has 11 nitrogen and oxygen atoms in total. The zero-order valence-corrected chi connectivity index (χ0v) is 20.0. The summed E-state index contributed by atoms with van der Waals surface area (Å²) in [4.78, 5) is 60.3. The monoisotopic (exact) mass is 496 g/mol. The normalized spacial score (nSPS) is 14.2. The van der Waals surface area contributed by atoms with Crippen LogP contribution in [0.5, 0.6) is 0 Å². The summed E-state index contributed by atoms with van der Waals surface area (Å²) in [5, 5.41) is 25.7. The number of carboxylic acid groups (broad SMARTS) is 2. The molecule has 0 saturated heterocycles. The number of nitrogens with two attached hydrogens (primary N) is 1. The van der Waals surface area contributed by atoms with Gasteiger partial charge in [0.2, 0.25) is 17.7 Å². The number of hydrogen-bond donors (Lipinski definition) is 6. The van der Waals surface area contributed by atoms with E-state index in [1.807, 2.05) is 6.26 Å². The van der Waals surface area contributed by atoms with Crippen molar-refractivity contribution in [2.45, 2.75) is 56.8 Å². The van der Waals surface area contributed by atoms with Crippen molar-refractivity contribution in [1.82, 2.24) is 16.0 Å². The van der Waals surface area contributed by atoms with Crippen molar-refractivity contribution in [3.63, 3.8) is 0 Å². The zero-order valence-electron chi connectivity index (χ0n) is 19.2. The Morgan fingerprint density at radius 3 is 1.97 bits per heavy atom. The third-order valence-corrected chi connectivity index (χ3v) is 5.48. The number of thioether (sulfide) groups is 1. The summed E-state index contributed by atoms with van der Waals surface area (Å²) < 4.78 is 0. The van der Waals surface area contributed by atoms with Crippen LogP contribution in [0.1, 0.15) is 31.7 Å². The van der Waals surface area contributed by atoms with Gasteiger partial charge >= 0.3 is 11.9 Å². The summed E-state index contributed by atoms with van der Waals surface area (Å²) in [5.41, 5.74) is 6.30. The maximum Gasteiger partial charge on any atom is 0.326 e. The molecule has 1 rings (SSSR count). The summed E-state index contributed by atoms with van der Waals surface area (Å²) >= 11 is 1.47. The number of carbonyl (C=O) groups excluding carboxylic acids is 3. The van der Waals surface area contributed by atoms with Gasteiger partial charge in [0, 0.05) is 12.8 Å². The molecule has 0 aliphatic rings. The SMILES string of the molecule is CSCCC(NC(=O)C(C)N)C(=O)NC(Cc1ccccc1)C(=O)NC(CCC(=O)O)C(=O)O. The fourth-order valence-electron chi connectivity index (χ4n) is 2.94. The lowest BCUT2D eigenvalue weighted by molar-refractivity contribution is -0.143. The van der Waals surface area contributed by atoms with Crippen molar-refractivity contribution in [1.29, 1.82) is 0 Å². The second kappa shape index (κ2) is 14.9. The summed E-state index contributed by atoms with van der Waals surface area (Å²) in [6.07, 6.45) is 1.43. The van der Waals surface area contributed by atoms with Crippen molar-refractivity contribution in [2.24, 2.45) is 5.73 Å². The highest BCUT2D eigenvalue weighted by molar-refractivity contribution is 7.98. The summed E-state index contributed by atoms with van der Waals surface area (Å²) in [7, 11) is 0. The number of rotatable bonds is 15. The van der Waals surface area contributed by atoms with Gasteiger partial charge in [0.1, 0.15) is 18.1 Å². The molecule has 0 bridgehead atoms. The third-order valence-electron chi connectivity index (χ3n) is 4.83. The van der Waals surface area contributed by atoms with Crippen LogP contribution >= 0.6 is 11.8 Å². The van der Waals surface area contributed by atoms with Crippen LogP contribution in [-0.4, -0.2) is 76.0 Å². The molecule has 0 saturated carbocycles. The molecule has 0 radical (unpaired) electrons. The van der Waals surface area contributed by atoms with Gasteiger partial charge in [0.05, 0.1) is 6.04 Å². The van der Waals surface area contributed by atoms with E-state index in [-0.39, 0.29) is 12.8 Å². The van der Waals surface area contributed by atoms with E-state index >= 15 is 0 Å². The maximum absolute atomic E-state index is 13.0. The average molecular weight is 497 g/mol. The van der Waals surface area contributed by atoms with E-state index in [0.717, 1.165) is 0 Å². The molecule has 4 unspecified atom stereocenters. The first kappa shape index (κ1) is 28.9. The van der Waals surface area contributed by atoms with Gasteiger partial charge in [-0.3, -0.25) is 19.2 Å². The maximum atomic E-state index is 13.0. The molecule has 12 heteroatoms. The predicted molar refractivity (Wildman–Crippen MR) is 127 cm³/mol. The lowest BCUT2D eigenvalue weighted by atomic mass is 10.0. The molecule has 0 aliphatic heterocycles. The van der Waals surface area contributed by atoms with Crippen molar-refractivity contribution in [3.05, 3.63) is 35.9 Å². The van der Waals surface area contributed by atoms with Crippen molar-refractivity contribution >= 4 is 41.4 Å². The minimum absolute atomic E-state index is 0.0557. The van der Waals surface area contributed by atoms with Crippen molar-refractivity contribution < 1.29 is 34.2 Å². The van der Waals surface area contributed by atoms with Gasteiger partial charge in [-0.2, -0.15) is 11.8 Å². The first-order chi connectivity index (χ1) is 16.0. The van der Waals surface area contributed by atoms with E-state index in [9.17, 15) is 29.1 Å². The number of nitrogens with one attached hydrogen (secondary N) is 3. The first-order valence-corrected chi connectivity index (χ1v) is 12.1. The molecule has 34 heavy (non-hydrogen) atoms. The number of aliphatic carboxylic acids is 2. The van der Waals surface area contributed by atoms with Crippen LogP contribution in [0, 0.1) is 0 Å². The minimum Gasteiger partial charge on any atom is -0.481 e. The molecule has 4 atom stereocenters. The average Bonchev–Trinajstić information content (AvgIpc) is 2.78. The fourth-order valence-corrected chi connectivity index (χ4v) is 3.41. The molecule has 0 aliphatic carbocycles. The lowest BCUT2D eigenvalue weighted by Gasteiger charge is -2.25. The van der Waals surface area contributed by atoms with Gasteiger partial charge in [-0.15, -0.1) is 0 Å². The smallest absolute Gasteiger partial charge is 0.326 e. The van der Waals surface area contributed by atoms with Crippen LogP contribution in [0.25, 0.3) is 0 Å². The molecule has 1 aromatic rings. The Labute approximate surface area is 202 Å². The van der Waals surface area contributed by atoms with Crippen LogP contribution in [0.4, 0.5) is 0 Å². The largest absolute Gasteiger partial charge is 0.481 e. The Morgan fingerprint density at radius 2 is 1.44 bits per heavy atom. The highest BCUT2D eigenvalue weighted by Gasteiger charge is 2.30. The second-order valence-corrected chi connectivity index (χ2v) is 8.70. The molecule has 0 spiro atoms. The summed E-state index contributed by atoms with van der Waals surface area (Å²) in [6, 6.07) is 4.40. The van der Waals surface area contributed by atoms with E-state index in [1.165, 1.54) is 18.7 Å². The molecule has 0 aromatic heterocycles. The fraction of sp³-hybridized carbons (Fsp3) is 0.500. The van der Waals surface area contributed by atoms with E-state index in [4.69, 9.17) is 10.8 Å². The second-order valence-electron chi connectivity index (χ2n) is 7.71. The zero-order chi connectivity index (χ0) is 25.7. The highest BCUT2D eigenvalue weighted by Crippen LogP contribution is 2.08. The van der Waals surface area contributed by atoms with E-state index < -0.39 is 60.2 Å². The van der Waals surface area contributed by atoms with Gasteiger partial charge in [-0.25, -0.2) is 4.79 Å². The van der Waals surface area contributed by atoms with Crippen LogP contribution < -0.4 is 21.7 Å². The van der Waals surface area contributed by atoms with Gasteiger partial charge in [0.25, 0.3) is 0 Å². The Kier molecular flexibility index (Phi) is 12.7. The Balaban J connectivity index is 3.07. The predicted octanol–water partition coefficient (Wildman–Crippen LogP) is -0.267. The topological polar surface area (TPSA) is 188 Å².